The molecule has 0 bridgehead atoms. The Morgan fingerprint density at radius 1 is 0.850 bits per heavy atom. The van der Waals surface area contributed by atoms with E-state index in [2.05, 4.69) is 15.9 Å². The molecule has 0 spiro atoms. The zero-order valence-corrected chi connectivity index (χ0v) is 11.1. The van der Waals surface area contributed by atoms with Crippen LogP contribution < -0.4 is 0 Å². The summed E-state index contributed by atoms with van der Waals surface area (Å²) in [6, 6.07) is 7.47. The quantitative estimate of drug-likeness (QED) is 0.650. The molecule has 1 aromatic heterocycles. The Morgan fingerprint density at radius 3 is 1.80 bits per heavy atom. The molecule has 0 atom stereocenters. The van der Waals surface area contributed by atoms with Crippen LogP contribution in [0.15, 0.2) is 34.8 Å². The van der Waals surface area contributed by atoms with Gasteiger partial charge in [0.15, 0.2) is 0 Å². The highest BCUT2D eigenvalue weighted by molar-refractivity contribution is 9.10. The molecule has 8 heteroatoms. The fraction of sp³-hybridized carbons (Fsp3) is 0.167. The highest BCUT2D eigenvalue weighted by Crippen LogP contribution is 2.47. The van der Waals surface area contributed by atoms with Crippen LogP contribution in [-0.2, 0) is 12.4 Å². The van der Waals surface area contributed by atoms with Crippen LogP contribution in [-0.4, -0.2) is 4.98 Å². The normalized spacial score (nSPS) is 12.8. The molecular weight excluding hydrogens is 352 g/mol. The summed E-state index contributed by atoms with van der Waals surface area (Å²) in [5.74, 6) is 0. The average molecular weight is 358 g/mol. The van der Waals surface area contributed by atoms with Crippen molar-refractivity contribution in [3.63, 3.8) is 0 Å². The van der Waals surface area contributed by atoms with E-state index in [1.165, 1.54) is 24.3 Å². The maximum atomic E-state index is 12.8. The van der Waals surface area contributed by atoms with Gasteiger partial charge in [-0.2, -0.15) is 26.3 Å². The summed E-state index contributed by atoms with van der Waals surface area (Å²) in [6.45, 7) is 0. The van der Waals surface area contributed by atoms with Crippen molar-refractivity contribution in [3.05, 3.63) is 46.1 Å². The third-order valence-electron chi connectivity index (χ3n) is 2.57. The second-order valence-electron chi connectivity index (χ2n) is 3.93. The summed E-state index contributed by atoms with van der Waals surface area (Å²) in [4.78, 5) is 1.82. The molecule has 108 valence electrons. The molecule has 1 N–H and O–H groups in total. The second kappa shape index (κ2) is 4.83. The molecule has 0 aliphatic carbocycles. The monoisotopic (exact) mass is 357 g/mol. The van der Waals surface area contributed by atoms with Gasteiger partial charge in [-0.1, -0.05) is 30.3 Å². The van der Waals surface area contributed by atoms with Gasteiger partial charge in [-0.15, -0.1) is 0 Å². The van der Waals surface area contributed by atoms with Gasteiger partial charge in [0.2, 0.25) is 0 Å². The van der Waals surface area contributed by atoms with Crippen LogP contribution in [0, 0.1) is 0 Å². The number of benzene rings is 1. The van der Waals surface area contributed by atoms with E-state index in [1.54, 1.807) is 6.07 Å². The number of nitrogens with one attached hydrogen (secondary N) is 1. The van der Waals surface area contributed by atoms with E-state index in [4.69, 9.17) is 0 Å². The summed E-state index contributed by atoms with van der Waals surface area (Å²) < 4.78 is 76.0. The smallest absolute Gasteiger partial charge is 0.350 e. The van der Waals surface area contributed by atoms with Crippen LogP contribution in [0.1, 0.15) is 11.3 Å². The Bertz CT molecular complexity index is 611. The Balaban J connectivity index is 2.72. The molecule has 0 aliphatic heterocycles. The summed E-state index contributed by atoms with van der Waals surface area (Å²) >= 11 is 2.62. The molecule has 0 radical (unpaired) electrons. The van der Waals surface area contributed by atoms with Crippen LogP contribution in [0.3, 0.4) is 0 Å². The first kappa shape index (κ1) is 15.0. The number of hydrogen-bond acceptors (Lipinski definition) is 0. The highest BCUT2D eigenvalue weighted by Gasteiger charge is 2.47. The van der Waals surface area contributed by atoms with E-state index in [9.17, 15) is 26.3 Å². The largest absolute Gasteiger partial charge is 0.431 e. The first-order chi connectivity index (χ1) is 9.12. The van der Waals surface area contributed by atoms with Crippen molar-refractivity contribution >= 4 is 15.9 Å². The van der Waals surface area contributed by atoms with E-state index in [0.717, 1.165) is 0 Å². The van der Waals surface area contributed by atoms with Crippen molar-refractivity contribution < 1.29 is 26.3 Å². The van der Waals surface area contributed by atoms with Crippen LogP contribution in [0.25, 0.3) is 11.3 Å². The van der Waals surface area contributed by atoms with Gasteiger partial charge in [-0.25, -0.2) is 0 Å². The number of aromatic amines is 1. The number of hydrogen-bond donors (Lipinski definition) is 1. The molecule has 2 rings (SSSR count). The fourth-order valence-corrected chi connectivity index (χ4v) is 2.51. The van der Waals surface area contributed by atoms with Gasteiger partial charge in [-0.3, -0.25) is 0 Å². The summed E-state index contributed by atoms with van der Waals surface area (Å²) in [5, 5.41) is 0. The molecule has 0 unspecified atom stereocenters. The molecule has 20 heavy (non-hydrogen) atoms. The topological polar surface area (TPSA) is 15.8 Å². The van der Waals surface area contributed by atoms with Crippen LogP contribution in [0.2, 0.25) is 0 Å². The van der Waals surface area contributed by atoms with Gasteiger partial charge in [0.1, 0.15) is 11.3 Å². The van der Waals surface area contributed by atoms with Crippen molar-refractivity contribution in [1.82, 2.24) is 4.98 Å². The van der Waals surface area contributed by atoms with Gasteiger partial charge < -0.3 is 4.98 Å². The molecule has 0 aliphatic rings. The maximum absolute atomic E-state index is 12.8. The zero-order valence-electron chi connectivity index (χ0n) is 9.53. The Kier molecular flexibility index (Phi) is 3.62. The van der Waals surface area contributed by atoms with E-state index in [-0.39, 0.29) is 11.3 Å². The number of aromatic nitrogens is 1. The molecule has 0 saturated carbocycles. The van der Waals surface area contributed by atoms with E-state index in [0.29, 0.717) is 0 Å². The predicted molar refractivity (Wildman–Crippen MR) is 63.9 cm³/mol. The van der Waals surface area contributed by atoms with Crippen LogP contribution >= 0.6 is 15.9 Å². The zero-order chi connectivity index (χ0) is 15.1. The molecule has 0 saturated heterocycles. The van der Waals surface area contributed by atoms with Crippen molar-refractivity contribution in [2.75, 3.05) is 0 Å². The van der Waals surface area contributed by atoms with Gasteiger partial charge in [-0.05, 0) is 21.5 Å². The van der Waals surface area contributed by atoms with Crippen LogP contribution in [0.4, 0.5) is 26.3 Å². The predicted octanol–water partition coefficient (Wildman–Crippen LogP) is 5.48. The minimum atomic E-state index is -5.12. The first-order valence-corrected chi connectivity index (χ1v) is 6.03. The lowest BCUT2D eigenvalue weighted by atomic mass is 10.1. The molecular formula is C12H6BrF6N. The average Bonchev–Trinajstić information content (AvgIpc) is 2.67. The summed E-state index contributed by atoms with van der Waals surface area (Å²) in [7, 11) is 0. The SMILES string of the molecule is FC(F)(F)c1[nH]c(-c2ccccc2)c(Br)c1C(F)(F)F. The molecule has 1 nitrogen and oxygen atoms in total. The Hall–Kier alpha value is -1.44. The van der Waals surface area contributed by atoms with E-state index >= 15 is 0 Å². The minimum absolute atomic E-state index is 0.223. The Morgan fingerprint density at radius 2 is 1.40 bits per heavy atom. The van der Waals surface area contributed by atoms with Crippen molar-refractivity contribution in [2.24, 2.45) is 0 Å². The standard InChI is InChI=1S/C12H6BrF6N/c13-8-7(11(14,15)16)10(12(17,18)19)20-9(8)6-4-2-1-3-5-6/h1-5,20H. The molecule has 1 heterocycles. The molecule has 0 amide bonds. The Labute approximate surface area is 117 Å². The van der Waals surface area contributed by atoms with Crippen LogP contribution in [0.5, 0.6) is 0 Å². The first-order valence-electron chi connectivity index (χ1n) is 5.23. The van der Waals surface area contributed by atoms with Gasteiger partial charge in [0.05, 0.1) is 10.2 Å². The van der Waals surface area contributed by atoms with Gasteiger partial charge >= 0.3 is 12.4 Å². The minimum Gasteiger partial charge on any atom is -0.350 e. The number of alkyl halides is 6. The molecule has 1 aromatic carbocycles. The fourth-order valence-electron chi connectivity index (χ4n) is 1.76. The summed E-state index contributed by atoms with van der Waals surface area (Å²) in [6.07, 6.45) is -10.2. The molecule has 0 fully saturated rings. The lowest BCUT2D eigenvalue weighted by molar-refractivity contribution is -0.164. The van der Waals surface area contributed by atoms with E-state index < -0.39 is 28.1 Å². The maximum Gasteiger partial charge on any atom is 0.431 e. The van der Waals surface area contributed by atoms with E-state index in [1.807, 2.05) is 4.98 Å². The number of rotatable bonds is 1. The third-order valence-corrected chi connectivity index (χ3v) is 3.36. The third kappa shape index (κ3) is 2.70. The second-order valence-corrected chi connectivity index (χ2v) is 4.72. The lowest BCUT2D eigenvalue weighted by Crippen LogP contribution is -2.15. The lowest BCUT2D eigenvalue weighted by Gasteiger charge is -2.10. The molecule has 2 aromatic rings. The highest BCUT2D eigenvalue weighted by atomic mass is 79.9. The number of halogens is 7. The van der Waals surface area contributed by atoms with Crippen molar-refractivity contribution in [2.45, 2.75) is 12.4 Å². The van der Waals surface area contributed by atoms with Crippen molar-refractivity contribution in [3.8, 4) is 11.3 Å². The summed E-state index contributed by atoms with van der Waals surface area (Å²) in [5.41, 5.74) is -3.59. The van der Waals surface area contributed by atoms with Gasteiger partial charge in [0.25, 0.3) is 0 Å². The van der Waals surface area contributed by atoms with Gasteiger partial charge in [0, 0.05) is 0 Å². The van der Waals surface area contributed by atoms with Crippen molar-refractivity contribution in [1.29, 1.82) is 0 Å². The number of H-pyrrole nitrogens is 1.